The van der Waals surface area contributed by atoms with Gasteiger partial charge in [-0.15, -0.1) is 0 Å². The first-order valence-electron chi connectivity index (χ1n) is 5.15. The van der Waals surface area contributed by atoms with Gasteiger partial charge >= 0.3 is 0 Å². The van der Waals surface area contributed by atoms with Crippen LogP contribution in [0.4, 0.5) is 15.8 Å². The minimum atomic E-state index is -0.468. The molecule has 0 saturated heterocycles. The van der Waals surface area contributed by atoms with Crippen LogP contribution in [0.1, 0.15) is 10.5 Å². The molecule has 94 valence electrons. The first-order valence-corrected chi connectivity index (χ1v) is 5.53. The van der Waals surface area contributed by atoms with E-state index in [0.29, 0.717) is 16.4 Å². The number of nitrogens with one attached hydrogen (secondary N) is 1. The van der Waals surface area contributed by atoms with Crippen LogP contribution in [0.3, 0.4) is 0 Å². The quantitative estimate of drug-likeness (QED) is 0.822. The highest BCUT2D eigenvalue weighted by molar-refractivity contribution is 6.31. The molecule has 0 unspecified atom stereocenters. The number of hydrogen-bond donors (Lipinski definition) is 2. The maximum atomic E-state index is 13.1. The lowest BCUT2D eigenvalue weighted by atomic mass is 10.2. The number of anilines is 2. The zero-order valence-electron chi connectivity index (χ0n) is 9.58. The van der Waals surface area contributed by atoms with Crippen LogP contribution in [0.25, 0.3) is 0 Å². The van der Waals surface area contributed by atoms with Gasteiger partial charge in [0.1, 0.15) is 11.5 Å². The summed E-state index contributed by atoms with van der Waals surface area (Å²) in [6.07, 6.45) is 1.60. The summed E-state index contributed by atoms with van der Waals surface area (Å²) in [6.45, 7) is 0. The number of hydrogen-bond acceptors (Lipinski definition) is 2. The first-order chi connectivity index (χ1) is 8.47. The summed E-state index contributed by atoms with van der Waals surface area (Å²) in [4.78, 5) is 11.9. The molecule has 1 aromatic carbocycles. The largest absolute Gasteiger partial charge is 0.397 e. The van der Waals surface area contributed by atoms with Gasteiger partial charge in [0.2, 0.25) is 0 Å². The van der Waals surface area contributed by atoms with Crippen molar-refractivity contribution in [2.24, 2.45) is 7.05 Å². The Morgan fingerprint density at radius 1 is 1.44 bits per heavy atom. The van der Waals surface area contributed by atoms with Gasteiger partial charge in [-0.25, -0.2) is 4.39 Å². The second kappa shape index (κ2) is 4.70. The molecule has 0 aliphatic rings. The van der Waals surface area contributed by atoms with Gasteiger partial charge in [0.05, 0.1) is 16.4 Å². The third kappa shape index (κ3) is 2.46. The Bertz CT molecular complexity index is 609. The second-order valence-corrected chi connectivity index (χ2v) is 4.28. The maximum absolute atomic E-state index is 13.1. The lowest BCUT2D eigenvalue weighted by Crippen LogP contribution is -2.16. The van der Waals surface area contributed by atoms with Crippen LogP contribution < -0.4 is 11.1 Å². The monoisotopic (exact) mass is 267 g/mol. The summed E-state index contributed by atoms with van der Waals surface area (Å²) >= 11 is 5.78. The van der Waals surface area contributed by atoms with Crippen molar-refractivity contribution in [2.45, 2.75) is 0 Å². The topological polar surface area (TPSA) is 60.0 Å². The van der Waals surface area contributed by atoms with Gasteiger partial charge in [-0.2, -0.15) is 0 Å². The molecule has 3 N–H and O–H groups in total. The predicted molar refractivity (Wildman–Crippen MR) is 69.2 cm³/mol. The van der Waals surface area contributed by atoms with Crippen molar-refractivity contribution in [2.75, 3.05) is 11.1 Å². The molecular weight excluding hydrogens is 257 g/mol. The van der Waals surface area contributed by atoms with Crippen LogP contribution in [0.2, 0.25) is 5.02 Å². The van der Waals surface area contributed by atoms with Crippen molar-refractivity contribution in [3.63, 3.8) is 0 Å². The molecule has 0 radical (unpaired) electrons. The number of benzene rings is 1. The lowest BCUT2D eigenvalue weighted by Gasteiger charge is -2.08. The van der Waals surface area contributed by atoms with E-state index in [1.807, 2.05) is 0 Å². The fourth-order valence-corrected chi connectivity index (χ4v) is 1.82. The molecular formula is C12H11ClFN3O. The molecule has 1 heterocycles. The Morgan fingerprint density at radius 2 is 2.17 bits per heavy atom. The molecule has 0 atom stereocenters. The van der Waals surface area contributed by atoms with Gasteiger partial charge < -0.3 is 15.6 Å². The smallest absolute Gasteiger partial charge is 0.272 e. The average Bonchev–Trinajstić information content (AvgIpc) is 2.63. The Morgan fingerprint density at radius 3 is 2.78 bits per heavy atom. The summed E-state index contributed by atoms with van der Waals surface area (Å²) in [5, 5.41) is 2.99. The SMILES string of the molecule is Cn1cc(Cl)cc1C(=O)Nc1cc(F)ccc1N. The Kier molecular flexibility index (Phi) is 3.25. The van der Waals surface area contributed by atoms with E-state index >= 15 is 0 Å². The highest BCUT2D eigenvalue weighted by Gasteiger charge is 2.13. The highest BCUT2D eigenvalue weighted by Crippen LogP contribution is 2.21. The van der Waals surface area contributed by atoms with Gasteiger partial charge in [0.15, 0.2) is 0 Å². The third-order valence-corrected chi connectivity index (χ3v) is 2.67. The second-order valence-electron chi connectivity index (χ2n) is 3.84. The maximum Gasteiger partial charge on any atom is 0.272 e. The number of nitrogens with two attached hydrogens (primary N) is 1. The molecule has 1 aromatic heterocycles. The highest BCUT2D eigenvalue weighted by atomic mass is 35.5. The van der Waals surface area contributed by atoms with Crippen molar-refractivity contribution in [3.8, 4) is 0 Å². The van der Waals surface area contributed by atoms with E-state index in [9.17, 15) is 9.18 Å². The van der Waals surface area contributed by atoms with Crippen molar-refractivity contribution in [1.29, 1.82) is 0 Å². The molecule has 0 saturated carbocycles. The number of carbonyl (C=O) groups excluding carboxylic acids is 1. The number of aryl methyl sites for hydroxylation is 1. The molecule has 18 heavy (non-hydrogen) atoms. The lowest BCUT2D eigenvalue weighted by molar-refractivity contribution is 0.101. The summed E-state index contributed by atoms with van der Waals surface area (Å²) in [5.74, 6) is -0.869. The fraction of sp³-hybridized carbons (Fsp3) is 0.0833. The molecule has 2 rings (SSSR count). The van der Waals surface area contributed by atoms with Gasteiger partial charge in [0, 0.05) is 13.2 Å². The zero-order valence-corrected chi connectivity index (χ0v) is 10.3. The first kappa shape index (κ1) is 12.4. The molecule has 0 aliphatic heterocycles. The van der Waals surface area contributed by atoms with Gasteiger partial charge in [0.25, 0.3) is 5.91 Å². The van der Waals surface area contributed by atoms with E-state index in [0.717, 1.165) is 6.07 Å². The molecule has 0 bridgehead atoms. The number of aromatic nitrogens is 1. The Balaban J connectivity index is 2.26. The van der Waals surface area contributed by atoms with Crippen LogP contribution >= 0.6 is 11.6 Å². The number of carbonyl (C=O) groups is 1. The number of rotatable bonds is 2. The molecule has 6 heteroatoms. The normalized spacial score (nSPS) is 10.4. The molecule has 1 amide bonds. The van der Waals surface area contributed by atoms with Crippen LogP contribution in [0.15, 0.2) is 30.5 Å². The number of nitrogen functional groups attached to an aromatic ring is 1. The van der Waals surface area contributed by atoms with E-state index in [4.69, 9.17) is 17.3 Å². The van der Waals surface area contributed by atoms with Gasteiger partial charge in [-0.3, -0.25) is 4.79 Å². The molecule has 4 nitrogen and oxygen atoms in total. The zero-order chi connectivity index (χ0) is 13.3. The van der Waals surface area contributed by atoms with E-state index < -0.39 is 11.7 Å². The minimum Gasteiger partial charge on any atom is -0.397 e. The molecule has 2 aromatic rings. The summed E-state index contributed by atoms with van der Waals surface area (Å²) < 4.78 is 14.6. The summed E-state index contributed by atoms with van der Waals surface area (Å²) in [6, 6.07) is 5.30. The molecule has 0 fully saturated rings. The summed E-state index contributed by atoms with van der Waals surface area (Å²) in [7, 11) is 1.69. The third-order valence-electron chi connectivity index (χ3n) is 2.47. The van der Waals surface area contributed by atoms with Crippen molar-refractivity contribution >= 4 is 28.9 Å². The van der Waals surface area contributed by atoms with Crippen LogP contribution in [0.5, 0.6) is 0 Å². The van der Waals surface area contributed by atoms with Crippen LogP contribution in [-0.2, 0) is 7.05 Å². The van der Waals surface area contributed by atoms with Crippen molar-refractivity contribution in [1.82, 2.24) is 4.57 Å². The van der Waals surface area contributed by atoms with E-state index in [-0.39, 0.29) is 5.69 Å². The van der Waals surface area contributed by atoms with Gasteiger partial charge in [-0.1, -0.05) is 11.6 Å². The fourth-order valence-electron chi connectivity index (χ4n) is 1.57. The predicted octanol–water partition coefficient (Wildman–Crippen LogP) is 2.65. The van der Waals surface area contributed by atoms with Crippen LogP contribution in [0, 0.1) is 5.82 Å². The minimum absolute atomic E-state index is 0.234. The van der Waals surface area contributed by atoms with E-state index in [2.05, 4.69) is 5.32 Å². The molecule has 0 aliphatic carbocycles. The standard InChI is InChI=1S/C12H11ClFN3O/c1-17-6-7(13)4-11(17)12(18)16-10-5-8(14)2-3-9(10)15/h2-6H,15H2,1H3,(H,16,18). The van der Waals surface area contributed by atoms with Gasteiger partial charge in [-0.05, 0) is 24.3 Å². The number of nitrogens with zero attached hydrogens (tertiary/aromatic N) is 1. The van der Waals surface area contributed by atoms with Crippen LogP contribution in [-0.4, -0.2) is 10.5 Å². The van der Waals surface area contributed by atoms with Crippen molar-refractivity contribution < 1.29 is 9.18 Å². The number of amides is 1. The average molecular weight is 268 g/mol. The Labute approximate surface area is 108 Å². The van der Waals surface area contributed by atoms with Crippen molar-refractivity contribution in [3.05, 3.63) is 47.0 Å². The summed E-state index contributed by atoms with van der Waals surface area (Å²) in [5.41, 5.74) is 6.54. The Hall–Kier alpha value is -2.01. The van der Waals surface area contributed by atoms with E-state index in [1.54, 1.807) is 17.8 Å². The molecule has 0 spiro atoms. The van der Waals surface area contributed by atoms with E-state index in [1.165, 1.54) is 18.2 Å². The number of halogens is 2.